The molecule has 0 fully saturated rings. The van der Waals surface area contributed by atoms with Crippen LogP contribution in [-0.2, 0) is 106 Å². The summed E-state index contributed by atoms with van der Waals surface area (Å²) in [6.07, 6.45) is 32.8. The second-order valence-corrected chi connectivity index (χ2v) is 40.0. The highest BCUT2D eigenvalue weighted by Crippen LogP contribution is 2.37. The van der Waals surface area contributed by atoms with E-state index < -0.39 is 60.7 Å². The minimum absolute atomic E-state index is 0.00951. The van der Waals surface area contributed by atoms with Crippen LogP contribution in [0.3, 0.4) is 0 Å². The van der Waals surface area contributed by atoms with E-state index in [0.717, 1.165) is 99.8 Å². The number of allylic oxidation sites excluding steroid dienone is 4. The van der Waals surface area contributed by atoms with E-state index in [2.05, 4.69) is 106 Å². The van der Waals surface area contributed by atoms with Crippen molar-refractivity contribution in [3.8, 4) is 11.1 Å². The normalized spacial score (nSPS) is 16.5. The molecule has 606 valence electrons. The molecule has 5 aromatic heterocycles. The Labute approximate surface area is 658 Å². The fourth-order valence-electron chi connectivity index (χ4n) is 14.0. The Hall–Kier alpha value is -6.90. The van der Waals surface area contributed by atoms with Gasteiger partial charge >= 0.3 is 0 Å². The van der Waals surface area contributed by atoms with E-state index in [1.165, 1.54) is 66.7 Å². The predicted octanol–water partition coefficient (Wildman–Crippen LogP) is 10.3. The third kappa shape index (κ3) is 32.1. The van der Waals surface area contributed by atoms with Crippen LogP contribution in [0.25, 0.3) is 32.1 Å². The first-order chi connectivity index (χ1) is 52.3. The van der Waals surface area contributed by atoms with Crippen molar-refractivity contribution in [2.24, 2.45) is 0 Å². The lowest BCUT2D eigenvalue weighted by atomic mass is 9.88. The van der Waals surface area contributed by atoms with Crippen LogP contribution < -0.4 is 13.7 Å². The van der Waals surface area contributed by atoms with Crippen LogP contribution in [0.1, 0.15) is 144 Å². The number of pyridine rings is 3. The van der Waals surface area contributed by atoms with Crippen molar-refractivity contribution in [3.05, 3.63) is 209 Å². The lowest BCUT2D eigenvalue weighted by Crippen LogP contribution is -2.36. The summed E-state index contributed by atoms with van der Waals surface area (Å²) in [6, 6.07) is 34.6. The molecule has 0 saturated heterocycles. The lowest BCUT2D eigenvalue weighted by molar-refractivity contribution is -0.870. The van der Waals surface area contributed by atoms with Gasteiger partial charge in [-0.1, -0.05) is 85.0 Å². The summed E-state index contributed by atoms with van der Waals surface area (Å²) in [7, 11) is -17.1. The first kappa shape index (κ1) is 89.6. The molecule has 26 nitrogen and oxygen atoms in total. The van der Waals surface area contributed by atoms with E-state index in [1.807, 2.05) is 103 Å². The van der Waals surface area contributed by atoms with Crippen molar-refractivity contribution in [2.75, 3.05) is 88.4 Å². The molecule has 2 aliphatic heterocycles. The smallest absolute Gasteiger partial charge is 0.265 e. The van der Waals surface area contributed by atoms with Crippen molar-refractivity contribution in [3.63, 3.8) is 0 Å². The monoisotopic (exact) mass is 1670 g/mol. The molecule has 2 atom stereocenters. The fraction of sp³-hybridized carbons (Fsp3) is 0.462. The molecule has 33 heteroatoms. The van der Waals surface area contributed by atoms with E-state index in [1.54, 1.807) is 16.8 Å². The number of nitrogens with zero attached hydrogens (tertiary/aromatic N) is 6. The van der Waals surface area contributed by atoms with E-state index in [0.29, 0.717) is 87.7 Å². The maximum absolute atomic E-state index is 12.3. The molecule has 0 radical (unpaired) electrons. The Morgan fingerprint density at radius 1 is 0.450 bits per heavy atom. The van der Waals surface area contributed by atoms with Gasteiger partial charge in [-0.2, -0.15) is 50.5 Å². The zero-order valence-corrected chi connectivity index (χ0v) is 68.9. The highest BCUT2D eigenvalue weighted by molar-refractivity contribution is 7.87. The molecule has 7 N–H and O–H groups in total. The topological polar surface area (TPSA) is 377 Å². The first-order valence-corrected chi connectivity index (χ1v) is 47.8. The van der Waals surface area contributed by atoms with Crippen LogP contribution in [0.2, 0.25) is 0 Å². The number of fused-ring (bicyclic) bond motifs is 9. The lowest BCUT2D eigenvalue weighted by Gasteiger charge is -2.26. The minimum atomic E-state index is -3.94. The van der Waals surface area contributed by atoms with Crippen molar-refractivity contribution in [1.82, 2.24) is 14.8 Å². The van der Waals surface area contributed by atoms with E-state index in [4.69, 9.17) is 27.3 Å². The number of nitrogens with one attached hydrogen (secondary N) is 1. The van der Waals surface area contributed by atoms with Gasteiger partial charge in [0.05, 0.1) is 67.8 Å². The van der Waals surface area contributed by atoms with Gasteiger partial charge in [0.2, 0.25) is 0 Å². The van der Waals surface area contributed by atoms with Crippen molar-refractivity contribution < 1.29 is 101 Å². The third-order valence-electron chi connectivity index (χ3n) is 19.5. The Bertz CT molecular complexity index is 5080. The molecule has 8 aromatic rings. The molecule has 13 rings (SSSR count). The molecule has 0 bridgehead atoms. The number of aromatic nitrogens is 4. The zero-order chi connectivity index (χ0) is 80.6. The van der Waals surface area contributed by atoms with E-state index >= 15 is 0 Å². The van der Waals surface area contributed by atoms with Gasteiger partial charge in [-0.25, -0.2) is 13.7 Å². The quantitative estimate of drug-likeness (QED) is 0.00827. The van der Waals surface area contributed by atoms with Crippen LogP contribution in [0, 0.1) is 0 Å². The number of thiophene rings is 1. The number of quaternary nitrogens is 1. The maximum atomic E-state index is 12.3. The van der Waals surface area contributed by atoms with Gasteiger partial charge in [0.25, 0.3) is 60.7 Å². The minimum Gasteiger partial charge on any atom is -0.357 e. The average Bonchev–Trinajstić information content (AvgIpc) is 1.62. The number of carbonyl (C=O) groups excluding carboxylic acids is 1. The number of aryl methyl sites for hydroxylation is 3. The number of para-hydroxylation sites is 1. The summed E-state index contributed by atoms with van der Waals surface area (Å²) in [4.78, 5) is 21.8. The van der Waals surface area contributed by atoms with Gasteiger partial charge in [0.15, 0.2) is 43.0 Å². The molecule has 111 heavy (non-hydrogen) atoms. The molecule has 0 saturated carbocycles. The summed E-state index contributed by atoms with van der Waals surface area (Å²) in [6.45, 7) is 7.69. The molecule has 0 amide bonds. The van der Waals surface area contributed by atoms with Crippen LogP contribution in [0.15, 0.2) is 165 Å². The predicted molar refractivity (Wildman–Crippen MR) is 432 cm³/mol. The summed E-state index contributed by atoms with van der Waals surface area (Å²) in [5, 5.41) is 2.68. The molecule has 2 unspecified atom stereocenters. The van der Waals surface area contributed by atoms with Gasteiger partial charge in [-0.15, -0.1) is 11.3 Å². The summed E-state index contributed by atoms with van der Waals surface area (Å²) in [5.41, 5.74) is 11.2. The third-order valence-corrected chi connectivity index (χ3v) is 25.5. The van der Waals surface area contributed by atoms with Crippen LogP contribution in [0.5, 0.6) is 0 Å². The Balaban J connectivity index is 0.000000169. The average molecular weight is 1670 g/mol. The van der Waals surface area contributed by atoms with Crippen molar-refractivity contribution in [2.45, 2.75) is 141 Å². The SMILES string of the molecule is C[N+](C)(C)CCCS(=O)(=O)O.O=C1c2ccccc2-c2cc[n+](CCCS(=O)(=O)O)cc21.O=S(=O)(O)CCCCN1CCc2c([nH]c3ccccc23)C1.O=S(=O)(O)CCCN1CCc2c(sc3ccccc23)C1.O=S(=O)(O)CCC[n+]1ccc(C2CC=CCC2)cc1.O=S(=O)(O)CCC[n+]1ccc(C2CC=CCC2)cc1. The molecular weight excluding hydrogens is 1560 g/mol. The van der Waals surface area contributed by atoms with Gasteiger partial charge in [-0.05, 0) is 141 Å². The van der Waals surface area contributed by atoms with Crippen LogP contribution in [-0.4, -0.2) is 191 Å². The van der Waals surface area contributed by atoms with Gasteiger partial charge < -0.3 is 9.47 Å². The standard InChI is InChI=1S/C15H20N2O3S.C15H13NO4S.C14H17NO3S2.2C14H19NO3S.C6H15NO3S/c18-21(19,20)10-4-3-8-17-9-7-13-12-5-1-2-6-14(12)16-15(13)11-17;17-15-13-5-2-1-4-11(13)12-6-8-16(10-14(12)15)7-3-9-21(18,19)20;16-20(17,18)9-3-7-15-8-6-12-11-4-1-2-5-13(11)19-14(12)10-15;2*16-19(17,18)12-4-9-15-10-7-14(8-11-15)13-5-2-1-3-6-13;1-7(2,3)5-4-6-11(8,9)10/h1-2,5-6,16H,3-4,7-11H2,(H,18,19,20);1-2,4-6,8,10H,3,7,9H2;1-2,4-5H,3,6-10H2,(H,16,17,18);2*1-2,7-8,10-11,13H,3-6,9,12H2;4-6H2,1-3H3/p+4. The van der Waals surface area contributed by atoms with Gasteiger partial charge in [0.1, 0.15) is 19.6 Å². The zero-order valence-electron chi connectivity index (χ0n) is 63.2. The number of carbonyl (C=O) groups is 1. The summed E-state index contributed by atoms with van der Waals surface area (Å²) in [5.74, 6) is 0.124. The number of H-pyrrole nitrogens is 1. The molecule has 5 aliphatic rings. The van der Waals surface area contributed by atoms with E-state index in [9.17, 15) is 55.3 Å². The number of hydrogen-bond donors (Lipinski definition) is 7. The highest BCUT2D eigenvalue weighted by atomic mass is 32.2. The summed E-state index contributed by atoms with van der Waals surface area (Å²) < 4.78 is 187. The van der Waals surface area contributed by atoms with Crippen molar-refractivity contribution in [1.29, 1.82) is 0 Å². The van der Waals surface area contributed by atoms with Gasteiger partial charge in [-0.3, -0.25) is 41.9 Å². The summed E-state index contributed by atoms with van der Waals surface area (Å²) >= 11 is 1.83. The van der Waals surface area contributed by atoms with Crippen molar-refractivity contribution >= 4 is 98.8 Å². The number of unbranched alkanes of at least 4 members (excludes halogenated alkanes) is 1. The highest BCUT2D eigenvalue weighted by Gasteiger charge is 2.30. The van der Waals surface area contributed by atoms with Gasteiger partial charge in [0, 0.05) is 119 Å². The first-order valence-electron chi connectivity index (χ1n) is 37.3. The molecular formula is C78H107N7O19S7+4. The van der Waals surface area contributed by atoms with E-state index in [-0.39, 0.29) is 40.3 Å². The molecule has 3 aliphatic carbocycles. The number of benzene rings is 3. The molecule has 7 heterocycles. The molecule has 3 aromatic carbocycles. The number of hydrogen-bond acceptors (Lipinski definition) is 16. The Morgan fingerprint density at radius 2 is 0.883 bits per heavy atom. The number of rotatable bonds is 27. The number of ketones is 1. The fourth-order valence-corrected chi connectivity index (χ4v) is 18.3. The Kier molecular flexibility index (Phi) is 33.4. The second kappa shape index (κ2) is 41.4. The largest absolute Gasteiger partial charge is 0.357 e. The molecule has 0 spiro atoms. The maximum Gasteiger partial charge on any atom is 0.265 e. The Morgan fingerprint density at radius 3 is 1.41 bits per heavy atom. The van der Waals surface area contributed by atoms with Crippen LogP contribution >= 0.6 is 11.3 Å². The number of aromatic amines is 1. The second-order valence-electron chi connectivity index (χ2n) is 29.5. The van der Waals surface area contributed by atoms with Crippen LogP contribution in [0.4, 0.5) is 0 Å².